The number of benzene rings is 1. The number of aromatic nitrogens is 3. The van der Waals surface area contributed by atoms with Crippen LogP contribution in [0.25, 0.3) is 20.4 Å². The van der Waals surface area contributed by atoms with Crippen LogP contribution in [0.3, 0.4) is 0 Å². The van der Waals surface area contributed by atoms with Crippen molar-refractivity contribution in [3.63, 3.8) is 0 Å². The second kappa shape index (κ2) is 7.83. The van der Waals surface area contributed by atoms with Crippen molar-refractivity contribution in [2.24, 2.45) is 5.92 Å². The first kappa shape index (κ1) is 20.1. The summed E-state index contributed by atoms with van der Waals surface area (Å²) in [7, 11) is 0. The largest absolute Gasteiger partial charge is 0.372 e. The molecule has 0 radical (unpaired) electrons. The van der Waals surface area contributed by atoms with E-state index in [9.17, 15) is 4.79 Å². The molecule has 0 spiro atoms. The molecule has 1 amide bonds. The second-order valence-electron chi connectivity index (χ2n) is 8.89. The van der Waals surface area contributed by atoms with Crippen LogP contribution in [-0.4, -0.2) is 50.4 Å². The van der Waals surface area contributed by atoms with Gasteiger partial charge in [-0.2, -0.15) is 0 Å². The number of nitrogens with one attached hydrogen (secondary N) is 2. The third-order valence-corrected chi connectivity index (χ3v) is 8.48. The summed E-state index contributed by atoms with van der Waals surface area (Å²) in [4.78, 5) is 26.7. The Morgan fingerprint density at radius 2 is 2.09 bits per heavy atom. The molecule has 7 nitrogen and oxygen atoms in total. The standard InChI is InChI=1S/C23H25N5O2S2/c1-12-9-28(10-13(2)30-12)23(29)14-3-5-16-18(7-14)31-22-20(16)21(24-11-25-22)26-15-4-6-17-19(8-15)32-27-17/h4,6,8,11-14,27H,3,5,7,9-10H2,1-2H3,(H,24,25,26)/t12-,13+,14-/m0/s1. The van der Waals surface area contributed by atoms with Gasteiger partial charge in [-0.15, -0.1) is 11.3 Å². The lowest BCUT2D eigenvalue weighted by Gasteiger charge is -2.37. The third-order valence-electron chi connectivity index (χ3n) is 6.44. The van der Waals surface area contributed by atoms with Gasteiger partial charge in [0.15, 0.2) is 0 Å². The number of carbonyl (C=O) groups excluding carboxylic acids is 1. The Hall–Kier alpha value is -2.49. The number of carbonyl (C=O) groups is 1. The summed E-state index contributed by atoms with van der Waals surface area (Å²) >= 11 is 3.34. The summed E-state index contributed by atoms with van der Waals surface area (Å²) in [5.74, 6) is 1.16. The van der Waals surface area contributed by atoms with Crippen LogP contribution in [0.2, 0.25) is 0 Å². The van der Waals surface area contributed by atoms with E-state index in [0.29, 0.717) is 13.1 Å². The molecular weight excluding hydrogens is 442 g/mol. The van der Waals surface area contributed by atoms with Crippen LogP contribution in [0, 0.1) is 5.92 Å². The molecule has 1 aromatic carbocycles. The van der Waals surface area contributed by atoms with Crippen molar-refractivity contribution in [1.29, 1.82) is 0 Å². The highest BCUT2D eigenvalue weighted by molar-refractivity contribution is 7.19. The minimum atomic E-state index is 0.0370. The lowest BCUT2D eigenvalue weighted by Crippen LogP contribution is -2.50. The average Bonchev–Trinajstić information content (AvgIpc) is 3.13. The Morgan fingerprint density at radius 1 is 1.25 bits per heavy atom. The number of nitrogens with zero attached hydrogens (tertiary/aromatic N) is 3. The van der Waals surface area contributed by atoms with Crippen molar-refractivity contribution in [3.8, 4) is 0 Å². The number of aryl methyl sites for hydroxylation is 1. The van der Waals surface area contributed by atoms with Crippen molar-refractivity contribution >= 4 is 60.7 Å². The summed E-state index contributed by atoms with van der Waals surface area (Å²) < 4.78 is 10.3. The number of ether oxygens (including phenoxy) is 1. The molecule has 32 heavy (non-hydrogen) atoms. The van der Waals surface area contributed by atoms with Gasteiger partial charge >= 0.3 is 0 Å². The van der Waals surface area contributed by atoms with Crippen LogP contribution < -0.4 is 5.32 Å². The molecule has 4 heterocycles. The van der Waals surface area contributed by atoms with Crippen molar-refractivity contribution in [1.82, 2.24) is 19.2 Å². The monoisotopic (exact) mass is 467 g/mol. The normalized spacial score (nSPS) is 23.6. The van der Waals surface area contributed by atoms with Crippen LogP contribution in [0.4, 0.5) is 11.5 Å². The van der Waals surface area contributed by atoms with E-state index in [1.807, 2.05) is 18.7 Å². The topological polar surface area (TPSA) is 83.1 Å². The SMILES string of the molecule is C[C@@H]1CN(C(=O)[C@H]2CCc3c(sc4ncnc(Nc5ccc6[nH]sc6c5)c34)C2)C[C@H](C)O1. The maximum absolute atomic E-state index is 13.3. The van der Waals surface area contributed by atoms with Gasteiger partial charge in [0.1, 0.15) is 17.0 Å². The van der Waals surface area contributed by atoms with Gasteiger partial charge in [0.2, 0.25) is 5.91 Å². The first-order chi connectivity index (χ1) is 15.5. The van der Waals surface area contributed by atoms with Crippen LogP contribution in [0.5, 0.6) is 0 Å². The van der Waals surface area contributed by atoms with Crippen LogP contribution in [0.1, 0.15) is 30.7 Å². The molecule has 1 aliphatic heterocycles. The number of aromatic amines is 1. The highest BCUT2D eigenvalue weighted by atomic mass is 32.1. The average molecular weight is 468 g/mol. The number of thiophene rings is 1. The summed E-state index contributed by atoms with van der Waals surface area (Å²) in [6.45, 7) is 5.46. The fourth-order valence-corrected chi connectivity index (χ4v) is 6.93. The molecule has 2 N–H and O–H groups in total. The highest BCUT2D eigenvalue weighted by Crippen LogP contribution is 2.41. The van der Waals surface area contributed by atoms with Crippen molar-refractivity contribution in [3.05, 3.63) is 35.0 Å². The molecule has 3 atom stereocenters. The maximum atomic E-state index is 13.3. The van der Waals surface area contributed by atoms with Gasteiger partial charge in [-0.3, -0.25) is 4.79 Å². The molecule has 1 aliphatic carbocycles. The zero-order valence-corrected chi connectivity index (χ0v) is 19.7. The van der Waals surface area contributed by atoms with Crippen LogP contribution >= 0.6 is 22.9 Å². The molecule has 166 valence electrons. The molecule has 0 bridgehead atoms. The van der Waals surface area contributed by atoms with E-state index in [1.165, 1.54) is 20.7 Å². The van der Waals surface area contributed by atoms with E-state index in [0.717, 1.165) is 41.0 Å². The Labute approximate surface area is 194 Å². The number of anilines is 2. The van der Waals surface area contributed by atoms with E-state index in [1.54, 1.807) is 29.2 Å². The number of morpholine rings is 1. The zero-order chi connectivity index (χ0) is 21.8. The minimum Gasteiger partial charge on any atom is -0.372 e. The summed E-state index contributed by atoms with van der Waals surface area (Å²) in [5, 5.41) is 4.62. The lowest BCUT2D eigenvalue weighted by atomic mass is 9.86. The fourth-order valence-electron chi connectivity index (χ4n) is 5.00. The first-order valence-electron chi connectivity index (χ1n) is 11.1. The van der Waals surface area contributed by atoms with Crippen molar-refractivity contribution in [2.75, 3.05) is 18.4 Å². The van der Waals surface area contributed by atoms with Crippen LogP contribution in [0.15, 0.2) is 24.5 Å². The van der Waals surface area contributed by atoms with Gasteiger partial charge in [-0.25, -0.2) is 9.97 Å². The molecule has 2 aliphatic rings. The number of hydrogen-bond acceptors (Lipinski definition) is 7. The van der Waals surface area contributed by atoms with E-state index in [2.05, 4.69) is 37.9 Å². The summed E-state index contributed by atoms with van der Waals surface area (Å²) in [6.07, 6.45) is 4.36. The number of H-pyrrole nitrogens is 1. The van der Waals surface area contributed by atoms with Gasteiger partial charge in [0.05, 0.1) is 27.8 Å². The molecular formula is C23H25N5O2S2. The number of amides is 1. The maximum Gasteiger partial charge on any atom is 0.226 e. The summed E-state index contributed by atoms with van der Waals surface area (Å²) in [6, 6.07) is 6.29. The van der Waals surface area contributed by atoms with Gasteiger partial charge in [0, 0.05) is 29.6 Å². The Balaban J connectivity index is 1.27. The molecule has 6 rings (SSSR count). The van der Waals surface area contributed by atoms with Gasteiger partial charge < -0.3 is 19.3 Å². The van der Waals surface area contributed by atoms with E-state index in [4.69, 9.17) is 4.74 Å². The highest BCUT2D eigenvalue weighted by Gasteiger charge is 2.34. The first-order valence-corrected chi connectivity index (χ1v) is 12.7. The van der Waals surface area contributed by atoms with E-state index in [-0.39, 0.29) is 24.0 Å². The summed E-state index contributed by atoms with van der Waals surface area (Å²) in [5.41, 5.74) is 3.50. The molecule has 3 aromatic heterocycles. The Bertz CT molecular complexity index is 1300. The van der Waals surface area contributed by atoms with Gasteiger partial charge in [-0.05, 0) is 56.9 Å². The van der Waals surface area contributed by atoms with E-state index < -0.39 is 0 Å². The molecule has 1 fully saturated rings. The molecule has 4 aromatic rings. The van der Waals surface area contributed by atoms with Crippen LogP contribution in [-0.2, 0) is 22.4 Å². The number of rotatable bonds is 3. The molecule has 1 saturated heterocycles. The second-order valence-corrected chi connectivity index (χ2v) is 10.8. The minimum absolute atomic E-state index is 0.0370. The molecule has 9 heteroatoms. The zero-order valence-electron chi connectivity index (χ0n) is 18.1. The predicted molar refractivity (Wildman–Crippen MR) is 129 cm³/mol. The van der Waals surface area contributed by atoms with E-state index >= 15 is 0 Å². The van der Waals surface area contributed by atoms with Gasteiger partial charge in [-0.1, -0.05) is 11.5 Å². The van der Waals surface area contributed by atoms with Crippen molar-refractivity contribution < 1.29 is 9.53 Å². The lowest BCUT2D eigenvalue weighted by molar-refractivity contribution is -0.147. The van der Waals surface area contributed by atoms with Gasteiger partial charge in [0.25, 0.3) is 0 Å². The quantitative estimate of drug-likeness (QED) is 0.456. The predicted octanol–water partition coefficient (Wildman–Crippen LogP) is 4.72. The molecule has 0 saturated carbocycles. The number of hydrogen-bond donors (Lipinski definition) is 2. The Kier molecular flexibility index (Phi) is 4.93. The molecule has 0 unspecified atom stereocenters. The smallest absolute Gasteiger partial charge is 0.226 e. The van der Waals surface area contributed by atoms with Crippen molar-refractivity contribution in [2.45, 2.75) is 45.3 Å². The fraction of sp³-hybridized carbons (Fsp3) is 0.435. The Morgan fingerprint density at radius 3 is 2.84 bits per heavy atom. The number of fused-ring (bicyclic) bond motifs is 4. The third kappa shape index (κ3) is 3.48.